The lowest BCUT2D eigenvalue weighted by atomic mass is 10.0. The third-order valence-electron chi connectivity index (χ3n) is 5.21. The second-order valence-corrected chi connectivity index (χ2v) is 7.44. The number of hydrogen-bond acceptors (Lipinski definition) is 4. The summed E-state index contributed by atoms with van der Waals surface area (Å²) in [6.45, 7) is 5.73. The van der Waals surface area contributed by atoms with E-state index in [9.17, 15) is 14.0 Å². The van der Waals surface area contributed by atoms with Crippen LogP contribution in [0.3, 0.4) is 0 Å². The number of likely N-dealkylation sites (N-methyl/N-ethyl adjacent to an activating group) is 1. The number of rotatable bonds is 5. The van der Waals surface area contributed by atoms with Gasteiger partial charge in [-0.15, -0.1) is 0 Å². The number of amides is 2. The van der Waals surface area contributed by atoms with Crippen LogP contribution >= 0.6 is 0 Å². The highest BCUT2D eigenvalue weighted by molar-refractivity contribution is 6.39. The van der Waals surface area contributed by atoms with Crippen molar-refractivity contribution in [1.82, 2.24) is 15.1 Å². The Hall–Kier alpha value is -2.77. The molecule has 2 N–H and O–H groups in total. The van der Waals surface area contributed by atoms with Gasteiger partial charge in [0, 0.05) is 38.4 Å². The van der Waals surface area contributed by atoms with Crippen LogP contribution in [0.5, 0.6) is 0 Å². The van der Waals surface area contributed by atoms with Gasteiger partial charge in [-0.25, -0.2) is 4.39 Å². The molecule has 0 aromatic heterocycles. The molecule has 1 fully saturated rings. The van der Waals surface area contributed by atoms with Crippen molar-refractivity contribution < 1.29 is 14.0 Å². The molecule has 0 spiro atoms. The fourth-order valence-electron chi connectivity index (χ4n) is 3.37. The maximum absolute atomic E-state index is 13.4. The molecule has 0 radical (unpaired) electrons. The van der Waals surface area contributed by atoms with Crippen LogP contribution in [0.2, 0.25) is 0 Å². The highest BCUT2D eigenvalue weighted by Gasteiger charge is 2.25. The minimum absolute atomic E-state index is 0.125. The Kier molecular flexibility index (Phi) is 6.95. The predicted molar refractivity (Wildman–Crippen MR) is 111 cm³/mol. The van der Waals surface area contributed by atoms with Crippen LogP contribution in [-0.4, -0.2) is 61.4 Å². The van der Waals surface area contributed by atoms with E-state index in [-0.39, 0.29) is 18.4 Å². The SMILES string of the molecule is Cc1ccc(NC(=O)C(=O)NC[C@H](c2ccc(F)cc2)N2CCN(C)CC2)cc1. The van der Waals surface area contributed by atoms with Gasteiger partial charge < -0.3 is 15.5 Å². The van der Waals surface area contributed by atoms with Gasteiger partial charge in [0.15, 0.2) is 0 Å². The number of anilines is 1. The monoisotopic (exact) mass is 398 g/mol. The minimum atomic E-state index is -0.704. The van der Waals surface area contributed by atoms with Crippen molar-refractivity contribution in [2.45, 2.75) is 13.0 Å². The Balaban J connectivity index is 1.63. The molecule has 6 nitrogen and oxygen atoms in total. The molecule has 2 aromatic rings. The molecule has 0 aliphatic carbocycles. The van der Waals surface area contributed by atoms with E-state index in [0.717, 1.165) is 37.3 Å². The molecule has 1 aliphatic rings. The van der Waals surface area contributed by atoms with Crippen LogP contribution in [-0.2, 0) is 9.59 Å². The summed E-state index contributed by atoms with van der Waals surface area (Å²) < 4.78 is 13.4. The first-order chi connectivity index (χ1) is 13.9. The summed E-state index contributed by atoms with van der Waals surface area (Å²) in [5.41, 5.74) is 2.56. The number of benzene rings is 2. The summed E-state index contributed by atoms with van der Waals surface area (Å²) in [6, 6.07) is 13.4. The summed E-state index contributed by atoms with van der Waals surface area (Å²) in [5.74, 6) is -1.69. The zero-order valence-corrected chi connectivity index (χ0v) is 16.8. The van der Waals surface area contributed by atoms with Gasteiger partial charge in [0.05, 0.1) is 6.04 Å². The summed E-state index contributed by atoms with van der Waals surface area (Å²) in [4.78, 5) is 29.0. The fourth-order valence-corrected chi connectivity index (χ4v) is 3.37. The fraction of sp³-hybridized carbons (Fsp3) is 0.364. The lowest BCUT2D eigenvalue weighted by Crippen LogP contribution is -2.49. The molecule has 0 saturated carbocycles. The van der Waals surface area contributed by atoms with E-state index in [2.05, 4.69) is 27.5 Å². The number of nitrogens with zero attached hydrogens (tertiary/aromatic N) is 2. The lowest BCUT2D eigenvalue weighted by molar-refractivity contribution is -0.136. The van der Waals surface area contributed by atoms with Crippen LogP contribution < -0.4 is 10.6 Å². The van der Waals surface area contributed by atoms with Crippen LogP contribution in [0, 0.1) is 12.7 Å². The quantitative estimate of drug-likeness (QED) is 0.758. The molecule has 7 heteroatoms. The average Bonchev–Trinajstić information content (AvgIpc) is 2.72. The number of hydrogen-bond donors (Lipinski definition) is 2. The molecule has 1 saturated heterocycles. The molecular formula is C22H27FN4O2. The Morgan fingerprint density at radius 3 is 2.21 bits per heavy atom. The first kappa shape index (κ1) is 21.0. The van der Waals surface area contributed by atoms with Crippen molar-refractivity contribution in [2.75, 3.05) is 45.1 Å². The predicted octanol–water partition coefficient (Wildman–Crippen LogP) is 2.18. The second kappa shape index (κ2) is 9.62. The molecule has 1 atom stereocenters. The van der Waals surface area contributed by atoms with Crippen molar-refractivity contribution in [3.05, 3.63) is 65.5 Å². The zero-order chi connectivity index (χ0) is 20.8. The summed E-state index contributed by atoms with van der Waals surface area (Å²) in [6.07, 6.45) is 0. The van der Waals surface area contributed by atoms with Gasteiger partial charge in [0.25, 0.3) is 0 Å². The third kappa shape index (κ3) is 5.85. The van der Waals surface area contributed by atoms with Gasteiger partial charge in [0.1, 0.15) is 5.82 Å². The second-order valence-electron chi connectivity index (χ2n) is 7.44. The molecule has 0 bridgehead atoms. The van der Waals surface area contributed by atoms with Crippen molar-refractivity contribution in [1.29, 1.82) is 0 Å². The highest BCUT2D eigenvalue weighted by Crippen LogP contribution is 2.22. The van der Waals surface area contributed by atoms with Crippen molar-refractivity contribution in [3.8, 4) is 0 Å². The van der Waals surface area contributed by atoms with E-state index in [0.29, 0.717) is 5.69 Å². The Labute approximate surface area is 170 Å². The summed E-state index contributed by atoms with van der Waals surface area (Å²) in [5, 5.41) is 5.34. The van der Waals surface area contributed by atoms with E-state index in [1.54, 1.807) is 24.3 Å². The lowest BCUT2D eigenvalue weighted by Gasteiger charge is -2.38. The van der Waals surface area contributed by atoms with Gasteiger partial charge in [-0.3, -0.25) is 14.5 Å². The molecule has 1 heterocycles. The zero-order valence-electron chi connectivity index (χ0n) is 16.8. The van der Waals surface area contributed by atoms with Gasteiger partial charge in [-0.05, 0) is 43.8 Å². The van der Waals surface area contributed by atoms with E-state index in [1.807, 2.05) is 19.1 Å². The van der Waals surface area contributed by atoms with Crippen molar-refractivity contribution in [3.63, 3.8) is 0 Å². The Morgan fingerprint density at radius 1 is 0.966 bits per heavy atom. The number of carbonyl (C=O) groups is 2. The smallest absolute Gasteiger partial charge is 0.313 e. The topological polar surface area (TPSA) is 64.7 Å². The molecule has 0 unspecified atom stereocenters. The third-order valence-corrected chi connectivity index (χ3v) is 5.21. The van der Waals surface area contributed by atoms with Crippen molar-refractivity contribution in [2.24, 2.45) is 0 Å². The van der Waals surface area contributed by atoms with E-state index >= 15 is 0 Å². The van der Waals surface area contributed by atoms with Crippen LogP contribution in [0.25, 0.3) is 0 Å². The standard InChI is InChI=1S/C22H27FN4O2/c1-16-3-9-19(10-4-16)25-22(29)21(28)24-15-20(17-5-7-18(23)8-6-17)27-13-11-26(2)12-14-27/h3-10,20H,11-15H2,1-2H3,(H,24,28)(H,25,29)/t20-/m1/s1. The van der Waals surface area contributed by atoms with Crippen LogP contribution in [0.1, 0.15) is 17.2 Å². The molecule has 2 amide bonds. The van der Waals surface area contributed by atoms with E-state index < -0.39 is 11.8 Å². The minimum Gasteiger partial charge on any atom is -0.346 e. The summed E-state index contributed by atoms with van der Waals surface area (Å²) in [7, 11) is 2.07. The molecule has 29 heavy (non-hydrogen) atoms. The first-order valence-corrected chi connectivity index (χ1v) is 9.76. The number of carbonyl (C=O) groups excluding carboxylic acids is 2. The molecule has 2 aromatic carbocycles. The van der Waals surface area contributed by atoms with E-state index in [1.165, 1.54) is 12.1 Å². The Bertz CT molecular complexity index is 831. The molecular weight excluding hydrogens is 371 g/mol. The van der Waals surface area contributed by atoms with E-state index in [4.69, 9.17) is 0 Å². The number of aryl methyl sites for hydroxylation is 1. The number of nitrogens with one attached hydrogen (secondary N) is 2. The normalized spacial score (nSPS) is 16.2. The summed E-state index contributed by atoms with van der Waals surface area (Å²) >= 11 is 0. The molecule has 1 aliphatic heterocycles. The molecule has 3 rings (SSSR count). The van der Waals surface area contributed by atoms with Crippen LogP contribution in [0.4, 0.5) is 10.1 Å². The van der Waals surface area contributed by atoms with Gasteiger partial charge in [0.2, 0.25) is 0 Å². The van der Waals surface area contributed by atoms with Gasteiger partial charge in [-0.2, -0.15) is 0 Å². The number of halogens is 1. The van der Waals surface area contributed by atoms with Gasteiger partial charge in [-0.1, -0.05) is 29.8 Å². The van der Waals surface area contributed by atoms with Crippen LogP contribution in [0.15, 0.2) is 48.5 Å². The van der Waals surface area contributed by atoms with Gasteiger partial charge >= 0.3 is 11.8 Å². The maximum Gasteiger partial charge on any atom is 0.313 e. The number of piperazine rings is 1. The van der Waals surface area contributed by atoms with Crippen molar-refractivity contribution >= 4 is 17.5 Å². The Morgan fingerprint density at radius 2 is 1.59 bits per heavy atom. The average molecular weight is 398 g/mol. The largest absolute Gasteiger partial charge is 0.346 e. The first-order valence-electron chi connectivity index (χ1n) is 9.76. The highest BCUT2D eigenvalue weighted by atomic mass is 19.1. The molecule has 154 valence electrons. The maximum atomic E-state index is 13.4.